The molecule has 0 spiro atoms. The lowest BCUT2D eigenvalue weighted by Gasteiger charge is -2.08. The van der Waals surface area contributed by atoms with Crippen molar-refractivity contribution in [1.29, 1.82) is 0 Å². The highest BCUT2D eigenvalue weighted by Gasteiger charge is 2.08. The quantitative estimate of drug-likeness (QED) is 0.479. The summed E-state index contributed by atoms with van der Waals surface area (Å²) in [5, 5.41) is 14.0. The summed E-state index contributed by atoms with van der Waals surface area (Å²) in [4.78, 5) is 12.3. The van der Waals surface area contributed by atoms with Crippen molar-refractivity contribution in [2.45, 2.75) is 5.03 Å². The Bertz CT molecular complexity index is 1110. The highest BCUT2D eigenvalue weighted by atomic mass is 32.2. The molecule has 0 fully saturated rings. The third-order valence-electron chi connectivity index (χ3n) is 4.19. The molecule has 4 aromatic rings. The molecule has 1 amide bonds. The summed E-state index contributed by atoms with van der Waals surface area (Å²) >= 11 is 1.31. The van der Waals surface area contributed by atoms with Gasteiger partial charge in [0.1, 0.15) is 10.8 Å². The fourth-order valence-electron chi connectivity index (χ4n) is 2.83. The fourth-order valence-corrected chi connectivity index (χ4v) is 3.45. The summed E-state index contributed by atoms with van der Waals surface area (Å²) in [5.41, 5.74) is 2.24. The number of thioether (sulfide) groups is 1. The molecule has 0 unspecified atom stereocenters. The van der Waals surface area contributed by atoms with Gasteiger partial charge >= 0.3 is 0 Å². The fraction of sp³-hybridized carbons (Fsp3) is 0.0455. The smallest absolute Gasteiger partial charge is 0.234 e. The zero-order valence-electron chi connectivity index (χ0n) is 14.8. The molecule has 3 aromatic carbocycles. The van der Waals surface area contributed by atoms with E-state index in [1.165, 1.54) is 23.9 Å². The standard InChI is InChI=1S/C22H16FN3OS/c23-17-10-8-16(9-11-17)19-12-13-22(26-25-19)28-14-21(27)24-20-7-3-5-15-4-1-2-6-18(15)20/h1-13H,14H2,(H,24,27). The molecule has 6 heteroatoms. The molecule has 28 heavy (non-hydrogen) atoms. The van der Waals surface area contributed by atoms with Gasteiger partial charge in [-0.1, -0.05) is 48.2 Å². The molecule has 4 rings (SSSR count). The number of hydrogen-bond donors (Lipinski definition) is 1. The number of carbonyl (C=O) groups excluding carboxylic acids is 1. The molecule has 138 valence electrons. The van der Waals surface area contributed by atoms with E-state index >= 15 is 0 Å². The van der Waals surface area contributed by atoms with Gasteiger partial charge in [-0.15, -0.1) is 10.2 Å². The van der Waals surface area contributed by atoms with E-state index < -0.39 is 0 Å². The predicted octanol–water partition coefficient (Wildman–Crippen LogP) is 5.17. The number of nitrogens with zero attached hydrogens (tertiary/aromatic N) is 2. The van der Waals surface area contributed by atoms with Crippen LogP contribution in [-0.4, -0.2) is 21.9 Å². The van der Waals surface area contributed by atoms with E-state index in [2.05, 4.69) is 15.5 Å². The molecule has 0 saturated carbocycles. The van der Waals surface area contributed by atoms with Gasteiger partial charge in [-0.25, -0.2) is 4.39 Å². The van der Waals surface area contributed by atoms with Crippen LogP contribution in [-0.2, 0) is 4.79 Å². The minimum atomic E-state index is -0.291. The van der Waals surface area contributed by atoms with Crippen molar-refractivity contribution < 1.29 is 9.18 Å². The second-order valence-electron chi connectivity index (χ2n) is 6.13. The molecule has 4 nitrogen and oxygen atoms in total. The number of carbonyl (C=O) groups is 1. The van der Waals surface area contributed by atoms with Crippen molar-refractivity contribution in [2.75, 3.05) is 11.1 Å². The van der Waals surface area contributed by atoms with Gasteiger partial charge in [0.25, 0.3) is 0 Å². The predicted molar refractivity (Wildman–Crippen MR) is 111 cm³/mol. The number of halogens is 1. The number of hydrogen-bond acceptors (Lipinski definition) is 4. The summed E-state index contributed by atoms with van der Waals surface area (Å²) in [7, 11) is 0. The number of nitrogens with one attached hydrogen (secondary N) is 1. The Morgan fingerprint density at radius 2 is 1.68 bits per heavy atom. The van der Waals surface area contributed by atoms with Gasteiger partial charge in [0.05, 0.1) is 11.4 Å². The summed E-state index contributed by atoms with van der Waals surface area (Å²) < 4.78 is 13.0. The van der Waals surface area contributed by atoms with Crippen LogP contribution in [0.5, 0.6) is 0 Å². The molecule has 0 bridgehead atoms. The van der Waals surface area contributed by atoms with E-state index in [0.717, 1.165) is 22.0 Å². The van der Waals surface area contributed by atoms with Crippen LogP contribution >= 0.6 is 11.8 Å². The Balaban J connectivity index is 1.38. The first-order valence-corrected chi connectivity index (χ1v) is 9.68. The molecule has 0 aliphatic heterocycles. The van der Waals surface area contributed by atoms with Crippen molar-refractivity contribution in [3.05, 3.63) is 84.7 Å². The molecular weight excluding hydrogens is 373 g/mol. The van der Waals surface area contributed by atoms with Crippen LogP contribution in [0, 0.1) is 5.82 Å². The Hall–Kier alpha value is -3.25. The second-order valence-corrected chi connectivity index (χ2v) is 7.12. The van der Waals surface area contributed by atoms with Crippen LogP contribution in [0.2, 0.25) is 0 Å². The first-order valence-electron chi connectivity index (χ1n) is 8.69. The van der Waals surface area contributed by atoms with Gasteiger partial charge in [0, 0.05) is 16.6 Å². The van der Waals surface area contributed by atoms with Crippen LogP contribution in [0.3, 0.4) is 0 Å². The first kappa shape index (κ1) is 18.1. The van der Waals surface area contributed by atoms with E-state index in [9.17, 15) is 9.18 Å². The summed E-state index contributed by atoms with van der Waals surface area (Å²) in [6.07, 6.45) is 0. The topological polar surface area (TPSA) is 54.9 Å². The van der Waals surface area contributed by atoms with Crippen molar-refractivity contribution in [3.8, 4) is 11.3 Å². The third kappa shape index (κ3) is 4.18. The first-order chi connectivity index (χ1) is 13.7. The maximum atomic E-state index is 13.0. The van der Waals surface area contributed by atoms with Crippen LogP contribution in [0.15, 0.2) is 83.9 Å². The largest absolute Gasteiger partial charge is 0.325 e. The molecule has 1 heterocycles. The average Bonchev–Trinajstić information content (AvgIpc) is 2.74. The summed E-state index contributed by atoms with van der Waals surface area (Å²) in [6, 6.07) is 23.4. The third-order valence-corrected chi connectivity index (χ3v) is 5.11. The lowest BCUT2D eigenvalue weighted by atomic mass is 10.1. The minimum absolute atomic E-state index is 0.106. The zero-order chi connectivity index (χ0) is 19.3. The molecule has 0 aliphatic carbocycles. The average molecular weight is 389 g/mol. The number of aromatic nitrogens is 2. The van der Waals surface area contributed by atoms with Crippen LogP contribution in [0.25, 0.3) is 22.0 Å². The van der Waals surface area contributed by atoms with Crippen molar-refractivity contribution in [2.24, 2.45) is 0 Å². The Morgan fingerprint density at radius 3 is 2.46 bits per heavy atom. The minimum Gasteiger partial charge on any atom is -0.325 e. The zero-order valence-corrected chi connectivity index (χ0v) is 15.6. The van der Waals surface area contributed by atoms with Gasteiger partial charge in [-0.3, -0.25) is 4.79 Å². The summed E-state index contributed by atoms with van der Waals surface area (Å²) in [6.45, 7) is 0. The Kier molecular flexibility index (Phi) is 5.30. The van der Waals surface area contributed by atoms with E-state index in [-0.39, 0.29) is 17.5 Å². The van der Waals surface area contributed by atoms with Crippen LogP contribution < -0.4 is 5.32 Å². The lowest BCUT2D eigenvalue weighted by molar-refractivity contribution is -0.113. The van der Waals surface area contributed by atoms with E-state index in [0.29, 0.717) is 10.7 Å². The molecular formula is C22H16FN3OS. The van der Waals surface area contributed by atoms with E-state index in [4.69, 9.17) is 0 Å². The molecule has 0 aliphatic rings. The lowest BCUT2D eigenvalue weighted by Crippen LogP contribution is -2.14. The maximum absolute atomic E-state index is 13.0. The van der Waals surface area contributed by atoms with Gasteiger partial charge in [0.2, 0.25) is 5.91 Å². The Labute approximate surface area is 165 Å². The highest BCUT2D eigenvalue weighted by Crippen LogP contribution is 2.24. The monoisotopic (exact) mass is 389 g/mol. The van der Waals surface area contributed by atoms with Crippen molar-refractivity contribution >= 4 is 34.1 Å². The van der Waals surface area contributed by atoms with Gasteiger partial charge in [-0.2, -0.15) is 0 Å². The number of fused-ring (bicyclic) bond motifs is 1. The Morgan fingerprint density at radius 1 is 0.893 bits per heavy atom. The number of benzene rings is 3. The number of anilines is 1. The SMILES string of the molecule is O=C(CSc1ccc(-c2ccc(F)cc2)nn1)Nc1cccc2ccccc12. The van der Waals surface area contributed by atoms with Gasteiger partial charge in [0.15, 0.2) is 0 Å². The molecule has 1 N–H and O–H groups in total. The molecule has 1 aromatic heterocycles. The van der Waals surface area contributed by atoms with Gasteiger partial charge < -0.3 is 5.32 Å². The molecule has 0 radical (unpaired) electrons. The molecule has 0 atom stereocenters. The highest BCUT2D eigenvalue weighted by molar-refractivity contribution is 7.99. The summed E-state index contributed by atoms with van der Waals surface area (Å²) in [5.74, 6) is -0.166. The number of rotatable bonds is 5. The van der Waals surface area contributed by atoms with E-state index in [1.807, 2.05) is 54.6 Å². The normalized spacial score (nSPS) is 10.8. The second kappa shape index (κ2) is 8.19. The van der Waals surface area contributed by atoms with Crippen LogP contribution in [0.4, 0.5) is 10.1 Å². The van der Waals surface area contributed by atoms with Crippen molar-refractivity contribution in [3.63, 3.8) is 0 Å². The van der Waals surface area contributed by atoms with Crippen LogP contribution in [0.1, 0.15) is 0 Å². The van der Waals surface area contributed by atoms with E-state index in [1.54, 1.807) is 12.1 Å². The number of amides is 1. The van der Waals surface area contributed by atoms with Gasteiger partial charge in [-0.05, 0) is 47.9 Å². The van der Waals surface area contributed by atoms with Crippen molar-refractivity contribution in [1.82, 2.24) is 10.2 Å². The molecule has 0 saturated heterocycles. The maximum Gasteiger partial charge on any atom is 0.234 e.